The highest BCUT2D eigenvalue weighted by molar-refractivity contribution is 6.32. The van der Waals surface area contributed by atoms with Gasteiger partial charge in [0.25, 0.3) is 0 Å². The Morgan fingerprint density at radius 1 is 1.00 bits per heavy atom. The van der Waals surface area contributed by atoms with Crippen molar-refractivity contribution in [2.24, 2.45) is 0 Å². The van der Waals surface area contributed by atoms with Crippen LogP contribution in [0.4, 0.5) is 13.2 Å². The highest BCUT2D eigenvalue weighted by atomic mass is 35.5. The van der Waals surface area contributed by atoms with Crippen LogP contribution in [0, 0.1) is 0 Å². The van der Waals surface area contributed by atoms with Gasteiger partial charge in [0.05, 0.1) is 28.6 Å². The number of carbonyl (C=O) groups excluding carboxylic acids is 1. The van der Waals surface area contributed by atoms with Gasteiger partial charge in [-0.15, -0.1) is 0 Å². The van der Waals surface area contributed by atoms with Gasteiger partial charge in [0.2, 0.25) is 0 Å². The minimum Gasteiger partial charge on any atom is -0.462 e. The van der Waals surface area contributed by atoms with Crippen molar-refractivity contribution in [2.75, 3.05) is 6.61 Å². The fourth-order valence-electron chi connectivity index (χ4n) is 3.36. The maximum absolute atomic E-state index is 13.4. The number of hydrogen-bond donors (Lipinski definition) is 0. The second kappa shape index (κ2) is 10.1. The molecule has 2 aromatic carbocycles. The molecule has 4 aromatic rings. The fourth-order valence-corrected chi connectivity index (χ4v) is 3.57. The normalized spacial score (nSPS) is 11.4. The summed E-state index contributed by atoms with van der Waals surface area (Å²) in [4.78, 5) is 16.6. The lowest BCUT2D eigenvalue weighted by Gasteiger charge is -2.10. The lowest BCUT2D eigenvalue weighted by molar-refractivity contribution is -0.141. The van der Waals surface area contributed by atoms with Gasteiger partial charge >= 0.3 is 12.1 Å². The topological polar surface area (TPSA) is 57.0 Å². The Morgan fingerprint density at radius 2 is 1.74 bits per heavy atom. The molecule has 174 valence electrons. The molecule has 0 aliphatic heterocycles. The molecular formula is C25H19ClF3N3O2. The lowest BCUT2D eigenvalue weighted by Crippen LogP contribution is -2.08. The van der Waals surface area contributed by atoms with E-state index in [4.69, 9.17) is 16.3 Å². The Labute approximate surface area is 198 Å². The predicted molar refractivity (Wildman–Crippen MR) is 122 cm³/mol. The third kappa shape index (κ3) is 5.46. The monoisotopic (exact) mass is 485 g/mol. The van der Waals surface area contributed by atoms with E-state index in [-0.39, 0.29) is 17.3 Å². The lowest BCUT2D eigenvalue weighted by atomic mass is 10.1. The zero-order valence-corrected chi connectivity index (χ0v) is 18.6. The van der Waals surface area contributed by atoms with Gasteiger partial charge in [0.15, 0.2) is 5.69 Å². The highest BCUT2D eigenvalue weighted by Crippen LogP contribution is 2.34. The Morgan fingerprint density at radius 3 is 2.41 bits per heavy atom. The summed E-state index contributed by atoms with van der Waals surface area (Å²) in [7, 11) is 0. The number of hydrogen-bond acceptors (Lipinski definition) is 4. The predicted octanol–water partition coefficient (Wildman–Crippen LogP) is 6.40. The molecule has 0 unspecified atom stereocenters. The molecule has 0 saturated carbocycles. The first-order chi connectivity index (χ1) is 16.3. The van der Waals surface area contributed by atoms with Gasteiger partial charge in [0.1, 0.15) is 0 Å². The molecule has 0 bridgehead atoms. The summed E-state index contributed by atoms with van der Waals surface area (Å²) in [5.74, 6) is -0.511. The number of nitrogens with zero attached hydrogens (tertiary/aromatic N) is 3. The average Bonchev–Trinajstić information content (AvgIpc) is 3.29. The summed E-state index contributed by atoms with van der Waals surface area (Å²) in [6.45, 7) is 0.228. The van der Waals surface area contributed by atoms with Crippen LogP contribution < -0.4 is 0 Å². The van der Waals surface area contributed by atoms with Gasteiger partial charge in [0, 0.05) is 17.5 Å². The number of aryl methyl sites for hydroxylation is 1. The van der Waals surface area contributed by atoms with Crippen molar-refractivity contribution in [3.8, 4) is 16.9 Å². The van der Waals surface area contributed by atoms with Crippen molar-refractivity contribution in [2.45, 2.75) is 19.0 Å². The van der Waals surface area contributed by atoms with Crippen LogP contribution >= 0.6 is 11.6 Å². The third-order valence-corrected chi connectivity index (χ3v) is 5.35. The molecular weight excluding hydrogens is 467 g/mol. The smallest absolute Gasteiger partial charge is 0.435 e. The second-order valence-corrected chi connectivity index (χ2v) is 7.82. The molecule has 0 radical (unpaired) electrons. The summed E-state index contributed by atoms with van der Waals surface area (Å²) >= 11 is 6.20. The molecule has 4 rings (SSSR count). The van der Waals surface area contributed by atoms with Crippen molar-refractivity contribution in [1.82, 2.24) is 14.8 Å². The minimum atomic E-state index is -4.62. The van der Waals surface area contributed by atoms with Crippen molar-refractivity contribution in [3.05, 3.63) is 101 Å². The molecule has 0 N–H and O–H groups in total. The van der Waals surface area contributed by atoms with Crippen molar-refractivity contribution in [1.29, 1.82) is 0 Å². The number of rotatable bonds is 7. The summed E-state index contributed by atoms with van der Waals surface area (Å²) in [5.41, 5.74) is 1.10. The van der Waals surface area contributed by atoms with Crippen LogP contribution in [0.15, 0.2) is 79.0 Å². The highest BCUT2D eigenvalue weighted by Gasteiger charge is 2.35. The van der Waals surface area contributed by atoms with Crippen molar-refractivity contribution >= 4 is 17.6 Å². The van der Waals surface area contributed by atoms with Crippen LogP contribution in [0.5, 0.6) is 0 Å². The number of halogens is 4. The number of esters is 1. The molecule has 0 spiro atoms. The van der Waals surface area contributed by atoms with Gasteiger partial charge < -0.3 is 4.74 Å². The van der Waals surface area contributed by atoms with E-state index in [1.165, 1.54) is 12.1 Å². The van der Waals surface area contributed by atoms with E-state index in [1.54, 1.807) is 42.6 Å². The summed E-state index contributed by atoms with van der Waals surface area (Å²) in [5, 5.41) is 3.99. The fraction of sp³-hybridized carbons (Fsp3) is 0.160. The maximum Gasteiger partial charge on any atom is 0.435 e. The quantitative estimate of drug-likeness (QED) is 0.224. The molecule has 9 heteroatoms. The second-order valence-electron chi connectivity index (χ2n) is 7.41. The van der Waals surface area contributed by atoms with Gasteiger partial charge in [-0.3, -0.25) is 4.98 Å². The number of benzene rings is 2. The maximum atomic E-state index is 13.4. The van der Waals surface area contributed by atoms with E-state index in [9.17, 15) is 18.0 Å². The van der Waals surface area contributed by atoms with Gasteiger partial charge in [-0.2, -0.15) is 18.3 Å². The van der Waals surface area contributed by atoms with Crippen LogP contribution in [0.2, 0.25) is 5.02 Å². The molecule has 0 amide bonds. The molecule has 2 heterocycles. The number of ether oxygens (including phenoxy) is 1. The third-order valence-electron chi connectivity index (χ3n) is 5.03. The van der Waals surface area contributed by atoms with Crippen LogP contribution in [0.1, 0.15) is 28.2 Å². The summed E-state index contributed by atoms with van der Waals surface area (Å²) < 4.78 is 46.5. The summed E-state index contributed by atoms with van der Waals surface area (Å²) in [6.07, 6.45) is -1.61. The molecule has 5 nitrogen and oxygen atoms in total. The van der Waals surface area contributed by atoms with Gasteiger partial charge in [-0.05, 0) is 55.3 Å². The Hall–Kier alpha value is -3.65. The van der Waals surface area contributed by atoms with E-state index in [0.717, 1.165) is 16.4 Å². The van der Waals surface area contributed by atoms with Gasteiger partial charge in [-0.1, -0.05) is 41.9 Å². The number of carbonyl (C=O) groups is 1. The van der Waals surface area contributed by atoms with E-state index in [1.807, 2.05) is 18.2 Å². The van der Waals surface area contributed by atoms with Crippen LogP contribution in [0.3, 0.4) is 0 Å². The summed E-state index contributed by atoms with van der Waals surface area (Å²) in [6, 6.07) is 19.2. The van der Waals surface area contributed by atoms with Gasteiger partial charge in [-0.25, -0.2) is 9.48 Å². The molecule has 0 aliphatic rings. The van der Waals surface area contributed by atoms with E-state index in [2.05, 4.69) is 10.1 Å². The Kier molecular flexibility index (Phi) is 6.98. The van der Waals surface area contributed by atoms with E-state index >= 15 is 0 Å². The molecule has 0 aliphatic carbocycles. The van der Waals surface area contributed by atoms with Crippen molar-refractivity contribution in [3.63, 3.8) is 0 Å². The minimum absolute atomic E-state index is 0.190. The first-order valence-electron chi connectivity index (χ1n) is 10.4. The molecule has 2 aromatic heterocycles. The largest absolute Gasteiger partial charge is 0.462 e. The van der Waals surface area contributed by atoms with Crippen LogP contribution in [-0.4, -0.2) is 27.3 Å². The Bertz CT molecular complexity index is 1270. The molecule has 0 saturated heterocycles. The van der Waals surface area contributed by atoms with E-state index in [0.29, 0.717) is 29.7 Å². The molecule has 34 heavy (non-hydrogen) atoms. The SMILES string of the molecule is O=C(OCCCc1ccccn1)c1ccc(-c2cc(C(F)(F)F)nn2-c2ccccc2Cl)cc1. The average molecular weight is 486 g/mol. The number of para-hydroxylation sites is 1. The number of aromatic nitrogens is 3. The van der Waals surface area contributed by atoms with Crippen LogP contribution in [0.25, 0.3) is 16.9 Å². The first kappa shape index (κ1) is 23.5. The van der Waals surface area contributed by atoms with E-state index < -0.39 is 17.8 Å². The molecule has 0 atom stereocenters. The molecule has 0 fully saturated rings. The van der Waals surface area contributed by atoms with Crippen LogP contribution in [-0.2, 0) is 17.3 Å². The van der Waals surface area contributed by atoms with Crippen molar-refractivity contribution < 1.29 is 22.7 Å². The number of pyridine rings is 1. The number of alkyl halides is 3. The zero-order chi connectivity index (χ0) is 24.1. The first-order valence-corrected chi connectivity index (χ1v) is 10.8. The zero-order valence-electron chi connectivity index (χ0n) is 17.8. The standard InChI is InChI=1S/C25H19ClF3N3O2/c26-20-8-1-2-9-21(20)32-22(16-23(31-32)25(27,28)29)17-10-12-18(13-11-17)24(33)34-15-5-7-19-6-3-4-14-30-19/h1-4,6,8-14,16H,5,7,15H2. The Balaban J connectivity index is 1.50.